The number of para-hydroxylation sites is 1. The largest absolute Gasteiger partial charge is 0.496 e. The zero-order chi connectivity index (χ0) is 21.3. The minimum atomic E-state index is -0.957. The number of carbonyl (C=O) groups is 2. The summed E-state index contributed by atoms with van der Waals surface area (Å²) in [5.74, 6) is -0.846. The monoisotopic (exact) mass is 416 g/mol. The number of carboxylic acid groups (broad SMARTS) is 1. The van der Waals surface area contributed by atoms with Gasteiger partial charge in [-0.1, -0.05) is 30.0 Å². The van der Waals surface area contributed by atoms with Gasteiger partial charge in [-0.25, -0.2) is 9.79 Å². The zero-order valence-corrected chi connectivity index (χ0v) is 17.9. The summed E-state index contributed by atoms with van der Waals surface area (Å²) in [6.45, 7) is 7.18. The molecular formula is C21H24N2O5S. The van der Waals surface area contributed by atoms with Crippen molar-refractivity contribution in [1.82, 2.24) is 4.90 Å². The lowest BCUT2D eigenvalue weighted by molar-refractivity contribution is -0.150. The molecule has 1 aromatic rings. The first kappa shape index (κ1) is 21.0. The molecule has 0 spiro atoms. The van der Waals surface area contributed by atoms with Crippen molar-refractivity contribution in [2.75, 3.05) is 7.11 Å². The van der Waals surface area contributed by atoms with E-state index < -0.39 is 23.6 Å². The maximum atomic E-state index is 13.2. The molecule has 2 heterocycles. The molecule has 1 N–H and O–H groups in total. The Kier molecular flexibility index (Phi) is 5.75. The fraction of sp³-hybridized carbons (Fsp3) is 0.381. The second-order valence-corrected chi connectivity index (χ2v) is 8.54. The molecule has 3 rings (SSSR count). The molecule has 1 unspecified atom stereocenters. The quantitative estimate of drug-likeness (QED) is 0.723. The number of methoxy groups -OCH3 is 1. The molecule has 29 heavy (non-hydrogen) atoms. The van der Waals surface area contributed by atoms with Gasteiger partial charge in [0.25, 0.3) is 0 Å². The molecule has 154 valence electrons. The lowest BCUT2D eigenvalue weighted by Gasteiger charge is -2.37. The molecule has 8 heteroatoms. The molecule has 0 aliphatic carbocycles. The number of aliphatic carboxylic acids is 1. The van der Waals surface area contributed by atoms with Crippen LogP contribution < -0.4 is 4.74 Å². The number of carbonyl (C=O) groups excluding carboxylic acids is 1. The Morgan fingerprint density at radius 2 is 1.97 bits per heavy atom. The predicted molar refractivity (Wildman–Crippen MR) is 111 cm³/mol. The normalized spacial score (nSPS) is 18.8. The lowest BCUT2D eigenvalue weighted by atomic mass is 9.93. The standard InChI is InChI=1S/C21H24N2O5S/c1-12-17(19(26)28-21(2,3)4)18(14-8-6-7-9-15(14)27-5)23-13(10-16(24)25)11-29-20(23)22-12/h6-9,11,18H,10H2,1-5H3,(H,24,25). The molecular weight excluding hydrogens is 392 g/mol. The van der Waals surface area contributed by atoms with Crippen LogP contribution in [-0.4, -0.2) is 39.8 Å². The van der Waals surface area contributed by atoms with Crippen molar-refractivity contribution in [3.8, 4) is 5.75 Å². The number of amidine groups is 1. The van der Waals surface area contributed by atoms with Crippen LogP contribution in [-0.2, 0) is 14.3 Å². The number of carboxylic acids is 1. The van der Waals surface area contributed by atoms with Crippen LogP contribution in [0.3, 0.4) is 0 Å². The van der Waals surface area contributed by atoms with Gasteiger partial charge in [0.1, 0.15) is 11.4 Å². The number of benzene rings is 1. The van der Waals surface area contributed by atoms with Crippen LogP contribution in [0, 0.1) is 0 Å². The molecule has 0 bridgehead atoms. The van der Waals surface area contributed by atoms with E-state index in [4.69, 9.17) is 9.47 Å². The second kappa shape index (κ2) is 7.94. The van der Waals surface area contributed by atoms with Crippen LogP contribution >= 0.6 is 11.8 Å². The van der Waals surface area contributed by atoms with Crippen molar-refractivity contribution in [1.29, 1.82) is 0 Å². The molecule has 0 aromatic heterocycles. The highest BCUT2D eigenvalue weighted by Gasteiger charge is 2.42. The van der Waals surface area contributed by atoms with Gasteiger partial charge in [0.05, 0.1) is 30.8 Å². The van der Waals surface area contributed by atoms with E-state index in [2.05, 4.69) is 4.99 Å². The van der Waals surface area contributed by atoms with Crippen LogP contribution in [0.5, 0.6) is 5.75 Å². The van der Waals surface area contributed by atoms with Crippen molar-refractivity contribution in [3.05, 3.63) is 52.2 Å². The Balaban J connectivity index is 2.17. The number of fused-ring (bicyclic) bond motifs is 1. The Morgan fingerprint density at radius 1 is 1.28 bits per heavy atom. The van der Waals surface area contributed by atoms with E-state index in [1.807, 2.05) is 24.3 Å². The average molecular weight is 416 g/mol. The summed E-state index contributed by atoms with van der Waals surface area (Å²) >= 11 is 1.34. The average Bonchev–Trinajstić information content (AvgIpc) is 3.00. The van der Waals surface area contributed by atoms with Gasteiger partial charge in [-0.15, -0.1) is 0 Å². The summed E-state index contributed by atoms with van der Waals surface area (Å²) in [7, 11) is 1.56. The summed E-state index contributed by atoms with van der Waals surface area (Å²) in [5.41, 5.74) is 1.53. The Labute approximate surface area is 174 Å². The van der Waals surface area contributed by atoms with Crippen LogP contribution in [0.4, 0.5) is 0 Å². The van der Waals surface area contributed by atoms with Gasteiger partial charge in [-0.3, -0.25) is 4.79 Å². The fourth-order valence-electron chi connectivity index (χ4n) is 3.31. The van der Waals surface area contributed by atoms with Crippen LogP contribution in [0.25, 0.3) is 0 Å². The molecule has 2 aliphatic heterocycles. The SMILES string of the molecule is COc1ccccc1C1C(C(=O)OC(C)(C)C)=C(C)N=C2SC=C(CC(=O)O)N21. The smallest absolute Gasteiger partial charge is 0.338 e. The third kappa shape index (κ3) is 4.32. The fourth-order valence-corrected chi connectivity index (χ4v) is 4.27. The Bertz CT molecular complexity index is 943. The molecule has 1 aromatic carbocycles. The van der Waals surface area contributed by atoms with Crippen molar-refractivity contribution < 1.29 is 24.2 Å². The highest BCUT2D eigenvalue weighted by Crippen LogP contribution is 2.47. The second-order valence-electron chi connectivity index (χ2n) is 7.71. The van der Waals surface area contributed by atoms with E-state index in [-0.39, 0.29) is 6.42 Å². The van der Waals surface area contributed by atoms with Gasteiger partial charge in [0, 0.05) is 11.3 Å². The number of ether oxygens (including phenoxy) is 2. The Morgan fingerprint density at radius 3 is 2.59 bits per heavy atom. The van der Waals surface area contributed by atoms with Crippen molar-refractivity contribution in [2.24, 2.45) is 4.99 Å². The molecule has 1 atom stereocenters. The van der Waals surface area contributed by atoms with Crippen molar-refractivity contribution >= 4 is 28.9 Å². The third-order valence-electron chi connectivity index (χ3n) is 4.39. The topological polar surface area (TPSA) is 88.4 Å². The third-order valence-corrected chi connectivity index (χ3v) is 5.27. The summed E-state index contributed by atoms with van der Waals surface area (Å²) in [6.07, 6.45) is -0.182. The van der Waals surface area contributed by atoms with Crippen molar-refractivity contribution in [3.63, 3.8) is 0 Å². The lowest BCUT2D eigenvalue weighted by Crippen LogP contribution is -2.38. The van der Waals surface area contributed by atoms with Gasteiger partial charge in [-0.2, -0.15) is 0 Å². The molecule has 0 fully saturated rings. The van der Waals surface area contributed by atoms with E-state index in [9.17, 15) is 14.7 Å². The number of hydrogen-bond acceptors (Lipinski definition) is 7. The first-order valence-electron chi connectivity index (χ1n) is 9.15. The van der Waals surface area contributed by atoms with Crippen molar-refractivity contribution in [2.45, 2.75) is 45.8 Å². The molecule has 2 aliphatic rings. The van der Waals surface area contributed by atoms with Gasteiger partial charge < -0.3 is 19.5 Å². The van der Waals surface area contributed by atoms with Crippen LogP contribution in [0.15, 0.2) is 51.6 Å². The minimum Gasteiger partial charge on any atom is -0.496 e. The van der Waals surface area contributed by atoms with E-state index in [0.29, 0.717) is 27.9 Å². The van der Waals surface area contributed by atoms with E-state index in [0.717, 1.165) is 5.56 Å². The highest BCUT2D eigenvalue weighted by molar-refractivity contribution is 8.16. The molecule has 0 saturated heterocycles. The van der Waals surface area contributed by atoms with Gasteiger partial charge >= 0.3 is 11.9 Å². The highest BCUT2D eigenvalue weighted by atomic mass is 32.2. The predicted octanol–water partition coefficient (Wildman–Crippen LogP) is 4.09. The van der Waals surface area contributed by atoms with Crippen LogP contribution in [0.2, 0.25) is 0 Å². The Hall–Kier alpha value is -2.74. The summed E-state index contributed by atoms with van der Waals surface area (Å²) in [5, 5.41) is 11.7. The van der Waals surface area contributed by atoms with E-state index in [1.165, 1.54) is 11.8 Å². The summed E-state index contributed by atoms with van der Waals surface area (Å²) in [6, 6.07) is 6.78. The summed E-state index contributed by atoms with van der Waals surface area (Å²) in [4.78, 5) is 30.9. The summed E-state index contributed by atoms with van der Waals surface area (Å²) < 4.78 is 11.2. The van der Waals surface area contributed by atoms with Gasteiger partial charge in [0.15, 0.2) is 5.17 Å². The number of esters is 1. The molecule has 7 nitrogen and oxygen atoms in total. The first-order chi connectivity index (χ1) is 13.6. The zero-order valence-electron chi connectivity index (χ0n) is 17.1. The number of hydrogen-bond donors (Lipinski definition) is 1. The number of thioether (sulfide) groups is 1. The number of aliphatic imine (C=N–C) groups is 1. The molecule has 0 radical (unpaired) electrons. The van der Waals surface area contributed by atoms with Crippen LogP contribution in [0.1, 0.15) is 45.7 Å². The first-order valence-corrected chi connectivity index (χ1v) is 10.0. The van der Waals surface area contributed by atoms with E-state index in [1.54, 1.807) is 45.1 Å². The molecule has 0 saturated carbocycles. The molecule has 0 amide bonds. The van der Waals surface area contributed by atoms with Gasteiger partial charge in [0.2, 0.25) is 0 Å². The van der Waals surface area contributed by atoms with E-state index >= 15 is 0 Å². The van der Waals surface area contributed by atoms with Gasteiger partial charge in [-0.05, 0) is 39.2 Å². The number of rotatable bonds is 5. The maximum absolute atomic E-state index is 13.2. The number of nitrogens with zero attached hydrogens (tertiary/aromatic N) is 2. The maximum Gasteiger partial charge on any atom is 0.338 e. The number of allylic oxidation sites excluding steroid dienone is 1. The minimum absolute atomic E-state index is 0.182.